The maximum Gasteiger partial charge on any atom is 0.303 e. The van der Waals surface area contributed by atoms with Gasteiger partial charge >= 0.3 is 5.97 Å². The van der Waals surface area contributed by atoms with E-state index in [1.54, 1.807) is 0 Å². The first-order valence-electron chi connectivity index (χ1n) is 7.19. The van der Waals surface area contributed by atoms with Crippen molar-refractivity contribution >= 4 is 18.1 Å². The molecule has 0 atom stereocenters. The number of hydrogen-bond donors (Lipinski definition) is 1. The standard InChI is InChI=1S/C18H19NO2/c20-18(21)11-5-7-15-19-14-6-4-10-17(19)13-12-16-8-2-1-3-9-16/h1-4,6,8-10,12-14H,5,7,11,15H2/p+1/b13-12+. The van der Waals surface area contributed by atoms with Crippen LogP contribution in [-0.4, -0.2) is 11.1 Å². The lowest BCUT2D eigenvalue weighted by atomic mass is 10.2. The number of rotatable bonds is 7. The third-order valence-corrected chi connectivity index (χ3v) is 3.26. The molecular formula is C18H20NO2+. The van der Waals surface area contributed by atoms with E-state index in [2.05, 4.69) is 34.9 Å². The Bertz CT molecular complexity index is 606. The highest BCUT2D eigenvalue weighted by molar-refractivity contribution is 5.67. The molecule has 0 aliphatic rings. The molecule has 0 amide bonds. The highest BCUT2D eigenvalue weighted by Crippen LogP contribution is 2.05. The van der Waals surface area contributed by atoms with Gasteiger partial charge in [-0.15, -0.1) is 0 Å². The van der Waals surface area contributed by atoms with Gasteiger partial charge in [0, 0.05) is 31.1 Å². The lowest BCUT2D eigenvalue weighted by Crippen LogP contribution is -2.36. The normalized spacial score (nSPS) is 10.9. The van der Waals surface area contributed by atoms with E-state index in [0.29, 0.717) is 6.42 Å². The molecule has 0 fully saturated rings. The first-order valence-corrected chi connectivity index (χ1v) is 7.19. The van der Waals surface area contributed by atoms with Gasteiger partial charge < -0.3 is 5.11 Å². The number of aliphatic carboxylic acids is 1. The van der Waals surface area contributed by atoms with Crippen molar-refractivity contribution in [1.29, 1.82) is 0 Å². The molecule has 1 heterocycles. The highest BCUT2D eigenvalue weighted by atomic mass is 16.4. The Balaban J connectivity index is 2.00. The maximum atomic E-state index is 10.5. The van der Waals surface area contributed by atoms with Crippen LogP contribution in [0.4, 0.5) is 0 Å². The number of carboxylic acid groups (broad SMARTS) is 1. The van der Waals surface area contributed by atoms with Gasteiger partial charge in [-0.25, -0.2) is 0 Å². The second-order valence-corrected chi connectivity index (χ2v) is 4.91. The smallest absolute Gasteiger partial charge is 0.303 e. The molecule has 3 heteroatoms. The van der Waals surface area contributed by atoms with Crippen LogP contribution in [0.1, 0.15) is 30.5 Å². The van der Waals surface area contributed by atoms with Crippen LogP contribution >= 0.6 is 0 Å². The van der Waals surface area contributed by atoms with Crippen LogP contribution in [0.5, 0.6) is 0 Å². The molecule has 2 aromatic rings. The average molecular weight is 282 g/mol. The van der Waals surface area contributed by atoms with E-state index in [1.165, 1.54) is 5.56 Å². The summed E-state index contributed by atoms with van der Waals surface area (Å²) in [7, 11) is 0. The zero-order chi connectivity index (χ0) is 14.9. The van der Waals surface area contributed by atoms with Gasteiger partial charge in [0.2, 0.25) is 5.69 Å². The molecule has 1 N–H and O–H groups in total. The Morgan fingerprint density at radius 2 is 1.76 bits per heavy atom. The van der Waals surface area contributed by atoms with Gasteiger partial charge in [0.1, 0.15) is 6.54 Å². The summed E-state index contributed by atoms with van der Waals surface area (Å²) < 4.78 is 2.15. The average Bonchev–Trinajstić information content (AvgIpc) is 2.51. The first kappa shape index (κ1) is 15.0. The van der Waals surface area contributed by atoms with Gasteiger partial charge in [0.05, 0.1) is 0 Å². The number of aryl methyl sites for hydroxylation is 1. The van der Waals surface area contributed by atoms with E-state index in [-0.39, 0.29) is 6.42 Å². The Morgan fingerprint density at radius 3 is 2.52 bits per heavy atom. The van der Waals surface area contributed by atoms with E-state index >= 15 is 0 Å². The molecule has 108 valence electrons. The van der Waals surface area contributed by atoms with Gasteiger partial charge in [-0.05, 0) is 24.1 Å². The monoisotopic (exact) mass is 282 g/mol. The molecule has 21 heavy (non-hydrogen) atoms. The predicted molar refractivity (Wildman–Crippen MR) is 83.5 cm³/mol. The van der Waals surface area contributed by atoms with Crippen LogP contribution in [0.25, 0.3) is 12.2 Å². The fourth-order valence-electron chi connectivity index (χ4n) is 2.15. The number of aromatic nitrogens is 1. The summed E-state index contributed by atoms with van der Waals surface area (Å²) >= 11 is 0. The van der Waals surface area contributed by atoms with E-state index in [9.17, 15) is 4.79 Å². The third kappa shape index (κ3) is 5.22. The fraction of sp³-hybridized carbons (Fsp3) is 0.222. The topological polar surface area (TPSA) is 41.2 Å². The van der Waals surface area contributed by atoms with Gasteiger partial charge in [-0.1, -0.05) is 30.3 Å². The summed E-state index contributed by atoms with van der Waals surface area (Å²) in [6.45, 7) is 0.836. The number of unbranched alkanes of at least 4 members (excludes halogenated alkanes) is 1. The molecule has 0 radical (unpaired) electrons. The van der Waals surface area contributed by atoms with Gasteiger partial charge in [-0.2, -0.15) is 4.57 Å². The zero-order valence-corrected chi connectivity index (χ0v) is 12.0. The van der Waals surface area contributed by atoms with Gasteiger partial charge in [-0.3, -0.25) is 4.79 Å². The van der Waals surface area contributed by atoms with Crippen LogP contribution in [0.15, 0.2) is 54.7 Å². The SMILES string of the molecule is O=C(O)CCCC[n+]1ccccc1/C=C/c1ccccc1. The Kier molecular flexibility index (Phi) is 5.71. The fourth-order valence-corrected chi connectivity index (χ4v) is 2.15. The summed E-state index contributed by atoms with van der Waals surface area (Å²) in [4.78, 5) is 10.5. The van der Waals surface area contributed by atoms with Crippen molar-refractivity contribution in [2.75, 3.05) is 0 Å². The van der Waals surface area contributed by atoms with Crippen molar-refractivity contribution in [2.24, 2.45) is 0 Å². The lowest BCUT2D eigenvalue weighted by Gasteiger charge is -2.00. The van der Waals surface area contributed by atoms with Crippen molar-refractivity contribution in [1.82, 2.24) is 0 Å². The van der Waals surface area contributed by atoms with Crippen LogP contribution in [0.3, 0.4) is 0 Å². The van der Waals surface area contributed by atoms with Crippen molar-refractivity contribution in [3.8, 4) is 0 Å². The number of nitrogens with zero attached hydrogens (tertiary/aromatic N) is 1. The minimum absolute atomic E-state index is 0.239. The number of carboxylic acids is 1. The minimum Gasteiger partial charge on any atom is -0.481 e. The van der Waals surface area contributed by atoms with Gasteiger partial charge in [0.25, 0.3) is 0 Å². The lowest BCUT2D eigenvalue weighted by molar-refractivity contribution is -0.699. The van der Waals surface area contributed by atoms with Gasteiger partial charge in [0.15, 0.2) is 6.20 Å². The van der Waals surface area contributed by atoms with Crippen LogP contribution in [0.2, 0.25) is 0 Å². The molecule has 0 saturated heterocycles. The van der Waals surface area contributed by atoms with E-state index in [4.69, 9.17) is 5.11 Å². The molecule has 0 aliphatic carbocycles. The summed E-state index contributed by atoms with van der Waals surface area (Å²) in [5.41, 5.74) is 2.29. The van der Waals surface area contributed by atoms with E-state index in [1.807, 2.05) is 36.5 Å². The quantitative estimate of drug-likeness (QED) is 0.624. The maximum absolute atomic E-state index is 10.5. The number of pyridine rings is 1. The Labute approximate surface area is 125 Å². The summed E-state index contributed by atoms with van der Waals surface area (Å²) in [6, 6.07) is 16.2. The molecule has 2 rings (SSSR count). The number of hydrogen-bond acceptors (Lipinski definition) is 1. The third-order valence-electron chi connectivity index (χ3n) is 3.26. The van der Waals surface area contributed by atoms with Crippen molar-refractivity contribution in [3.05, 3.63) is 66.0 Å². The molecule has 0 saturated carbocycles. The van der Waals surface area contributed by atoms with Crippen molar-refractivity contribution in [3.63, 3.8) is 0 Å². The van der Waals surface area contributed by atoms with Crippen LogP contribution < -0.4 is 4.57 Å². The minimum atomic E-state index is -0.725. The van der Waals surface area contributed by atoms with E-state index < -0.39 is 5.97 Å². The molecule has 3 nitrogen and oxygen atoms in total. The molecule has 1 aromatic heterocycles. The molecule has 0 aliphatic heterocycles. The number of carbonyl (C=O) groups is 1. The summed E-state index contributed by atoms with van der Waals surface area (Å²) in [6.07, 6.45) is 8.02. The largest absolute Gasteiger partial charge is 0.481 e. The zero-order valence-electron chi connectivity index (χ0n) is 12.0. The summed E-state index contributed by atoms with van der Waals surface area (Å²) in [5.74, 6) is -0.725. The van der Waals surface area contributed by atoms with Crippen molar-refractivity contribution < 1.29 is 14.5 Å². The second-order valence-electron chi connectivity index (χ2n) is 4.91. The number of benzene rings is 1. The second kappa shape index (κ2) is 8.00. The highest BCUT2D eigenvalue weighted by Gasteiger charge is 2.06. The molecule has 0 bridgehead atoms. The molecule has 1 aromatic carbocycles. The first-order chi connectivity index (χ1) is 10.3. The van der Waals surface area contributed by atoms with E-state index in [0.717, 1.165) is 18.7 Å². The van der Waals surface area contributed by atoms with Crippen LogP contribution in [-0.2, 0) is 11.3 Å². The Morgan fingerprint density at radius 1 is 1.00 bits per heavy atom. The van der Waals surface area contributed by atoms with Crippen LogP contribution in [0, 0.1) is 0 Å². The molecule has 0 unspecified atom stereocenters. The molecule has 0 spiro atoms. The predicted octanol–water partition coefficient (Wildman–Crippen LogP) is 3.40. The van der Waals surface area contributed by atoms with Crippen molar-refractivity contribution in [2.45, 2.75) is 25.8 Å². The Hall–Kier alpha value is -2.42. The molecular weight excluding hydrogens is 262 g/mol. The summed E-state index contributed by atoms with van der Waals surface area (Å²) in [5, 5.41) is 8.66.